The number of para-hydroxylation sites is 1. The quantitative estimate of drug-likeness (QED) is 0.488. The van der Waals surface area contributed by atoms with Crippen LogP contribution in [0.15, 0.2) is 59.5 Å². The number of rotatable bonds is 5. The van der Waals surface area contributed by atoms with Crippen molar-refractivity contribution in [3.8, 4) is 5.69 Å². The first-order valence-corrected chi connectivity index (χ1v) is 10.1. The molecule has 0 bridgehead atoms. The summed E-state index contributed by atoms with van der Waals surface area (Å²) in [4.78, 5) is 29.8. The third-order valence-electron chi connectivity index (χ3n) is 5.23. The van der Waals surface area contributed by atoms with Crippen LogP contribution in [0, 0.1) is 13.8 Å². The van der Waals surface area contributed by atoms with Crippen LogP contribution in [0.2, 0.25) is 0 Å². The van der Waals surface area contributed by atoms with E-state index in [9.17, 15) is 22.8 Å². The zero-order valence-corrected chi connectivity index (χ0v) is 17.8. The van der Waals surface area contributed by atoms with Crippen molar-refractivity contribution in [2.75, 3.05) is 5.32 Å². The number of benzene rings is 2. The van der Waals surface area contributed by atoms with E-state index >= 15 is 0 Å². The molecule has 0 saturated heterocycles. The molecule has 4 rings (SSSR count). The van der Waals surface area contributed by atoms with Crippen LogP contribution in [0.1, 0.15) is 23.4 Å². The highest BCUT2D eigenvalue weighted by molar-refractivity contribution is 5.91. The van der Waals surface area contributed by atoms with Gasteiger partial charge in [0.25, 0.3) is 5.56 Å². The van der Waals surface area contributed by atoms with Gasteiger partial charge in [-0.3, -0.25) is 14.2 Å². The highest BCUT2D eigenvalue weighted by Crippen LogP contribution is 2.34. The first-order chi connectivity index (χ1) is 15.6. The van der Waals surface area contributed by atoms with Crippen LogP contribution < -0.4 is 10.9 Å². The van der Waals surface area contributed by atoms with Crippen molar-refractivity contribution in [1.82, 2.24) is 19.3 Å². The number of nitrogens with one attached hydrogen (secondary N) is 1. The number of hydrogen-bond donors (Lipinski definition) is 1. The minimum atomic E-state index is -4.59. The largest absolute Gasteiger partial charge is 0.418 e. The number of fused-ring (bicyclic) bond motifs is 1. The standard InChI is InChI=1S/C23H20F3N5O2/c1-14-7-9-16(10-8-14)31-21-17(13-27-31)22(33)30(15(2)28-21)12-11-20(32)29-19-6-4-3-5-18(19)23(24,25)26/h3-10,13H,11-12H2,1-2H3,(H,29,32). The Morgan fingerprint density at radius 2 is 1.76 bits per heavy atom. The lowest BCUT2D eigenvalue weighted by Crippen LogP contribution is -2.26. The van der Waals surface area contributed by atoms with Gasteiger partial charge < -0.3 is 5.32 Å². The number of alkyl halides is 3. The molecule has 0 saturated carbocycles. The van der Waals surface area contributed by atoms with Gasteiger partial charge in [0, 0.05) is 13.0 Å². The molecule has 2 aromatic heterocycles. The number of aromatic nitrogens is 4. The molecule has 1 amide bonds. The van der Waals surface area contributed by atoms with Gasteiger partial charge >= 0.3 is 6.18 Å². The molecule has 0 fully saturated rings. The third kappa shape index (κ3) is 4.50. The molecule has 0 atom stereocenters. The van der Waals surface area contributed by atoms with Gasteiger partial charge in [0.2, 0.25) is 5.91 Å². The van der Waals surface area contributed by atoms with Gasteiger partial charge in [0.05, 0.1) is 23.1 Å². The summed E-state index contributed by atoms with van der Waals surface area (Å²) in [6.45, 7) is 3.55. The molecule has 0 aliphatic rings. The monoisotopic (exact) mass is 455 g/mol. The number of anilines is 1. The molecule has 4 aromatic rings. The number of amides is 1. The predicted molar refractivity (Wildman–Crippen MR) is 117 cm³/mol. The summed E-state index contributed by atoms with van der Waals surface area (Å²) in [7, 11) is 0. The molecule has 2 heterocycles. The van der Waals surface area contributed by atoms with Crippen LogP contribution >= 0.6 is 0 Å². The molecule has 0 aliphatic carbocycles. The molecule has 10 heteroatoms. The van der Waals surface area contributed by atoms with Crippen molar-refractivity contribution in [2.24, 2.45) is 0 Å². The molecule has 1 N–H and O–H groups in total. The lowest BCUT2D eigenvalue weighted by molar-refractivity contribution is -0.137. The molecule has 170 valence electrons. The Morgan fingerprint density at radius 1 is 1.06 bits per heavy atom. The van der Waals surface area contributed by atoms with E-state index in [1.807, 2.05) is 31.2 Å². The summed E-state index contributed by atoms with van der Waals surface area (Å²) in [5.74, 6) is -0.279. The van der Waals surface area contributed by atoms with Gasteiger partial charge in [-0.25, -0.2) is 9.67 Å². The Hall–Kier alpha value is -3.95. The number of halogens is 3. The van der Waals surface area contributed by atoms with Gasteiger partial charge in [-0.15, -0.1) is 0 Å². The van der Waals surface area contributed by atoms with E-state index in [1.165, 1.54) is 29.0 Å². The highest BCUT2D eigenvalue weighted by atomic mass is 19.4. The zero-order valence-electron chi connectivity index (χ0n) is 17.8. The van der Waals surface area contributed by atoms with Gasteiger partial charge in [-0.2, -0.15) is 18.3 Å². The average Bonchev–Trinajstić information content (AvgIpc) is 3.17. The molecular weight excluding hydrogens is 435 g/mol. The molecular formula is C23H20F3N5O2. The van der Waals surface area contributed by atoms with Crippen molar-refractivity contribution in [3.05, 3.63) is 82.0 Å². The van der Waals surface area contributed by atoms with E-state index in [-0.39, 0.29) is 29.6 Å². The maximum Gasteiger partial charge on any atom is 0.418 e. The number of aryl methyl sites for hydroxylation is 2. The first-order valence-electron chi connectivity index (χ1n) is 10.1. The Kier molecular flexibility index (Phi) is 5.75. The maximum absolute atomic E-state index is 13.1. The second-order valence-corrected chi connectivity index (χ2v) is 7.59. The number of carbonyl (C=O) groups excluding carboxylic acids is 1. The van der Waals surface area contributed by atoms with Crippen molar-refractivity contribution in [1.29, 1.82) is 0 Å². The minimum Gasteiger partial charge on any atom is -0.325 e. The fraction of sp³-hybridized carbons (Fsp3) is 0.217. The van der Waals surface area contributed by atoms with Gasteiger partial charge in [-0.1, -0.05) is 29.8 Å². The van der Waals surface area contributed by atoms with Gasteiger partial charge in [0.1, 0.15) is 11.2 Å². The third-order valence-corrected chi connectivity index (χ3v) is 5.23. The Labute approximate surface area is 186 Å². The molecule has 2 aromatic carbocycles. The summed E-state index contributed by atoms with van der Waals surface area (Å²) >= 11 is 0. The molecule has 0 spiro atoms. The van der Waals surface area contributed by atoms with Crippen molar-refractivity contribution >= 4 is 22.6 Å². The molecule has 0 unspecified atom stereocenters. The summed E-state index contributed by atoms with van der Waals surface area (Å²) in [6, 6.07) is 12.3. The number of carbonyl (C=O) groups is 1. The van der Waals surface area contributed by atoms with Crippen molar-refractivity contribution < 1.29 is 18.0 Å². The smallest absolute Gasteiger partial charge is 0.325 e. The Bertz CT molecular complexity index is 1390. The van der Waals surface area contributed by atoms with Gasteiger partial charge in [0.15, 0.2) is 5.65 Å². The van der Waals surface area contributed by atoms with Crippen LogP contribution in [-0.4, -0.2) is 25.2 Å². The molecule has 33 heavy (non-hydrogen) atoms. The second kappa shape index (κ2) is 8.53. The SMILES string of the molecule is Cc1ccc(-n2ncc3c(=O)n(CCC(=O)Nc4ccccc4C(F)(F)F)c(C)nc32)cc1. The van der Waals surface area contributed by atoms with Crippen LogP contribution in [0.5, 0.6) is 0 Å². The zero-order chi connectivity index (χ0) is 23.8. The second-order valence-electron chi connectivity index (χ2n) is 7.59. The van der Waals surface area contributed by atoms with E-state index in [0.717, 1.165) is 17.3 Å². The maximum atomic E-state index is 13.1. The van der Waals surface area contributed by atoms with Crippen molar-refractivity contribution in [3.63, 3.8) is 0 Å². The van der Waals surface area contributed by atoms with Crippen molar-refractivity contribution in [2.45, 2.75) is 33.0 Å². The van der Waals surface area contributed by atoms with Crippen LogP contribution in [0.3, 0.4) is 0 Å². The van der Waals surface area contributed by atoms with Gasteiger partial charge in [-0.05, 0) is 38.1 Å². The van der Waals surface area contributed by atoms with Crippen LogP contribution in [-0.2, 0) is 17.5 Å². The summed E-state index contributed by atoms with van der Waals surface area (Å²) in [6.07, 6.45) is -3.38. The Balaban J connectivity index is 1.56. The topological polar surface area (TPSA) is 81.8 Å². The van der Waals surface area contributed by atoms with Crippen LogP contribution in [0.4, 0.5) is 18.9 Å². The molecule has 7 nitrogen and oxygen atoms in total. The lowest BCUT2D eigenvalue weighted by atomic mass is 10.1. The summed E-state index contributed by atoms with van der Waals surface area (Å²) in [5, 5.41) is 6.84. The Morgan fingerprint density at radius 3 is 2.45 bits per heavy atom. The van der Waals surface area contributed by atoms with E-state index in [4.69, 9.17) is 0 Å². The fourth-order valence-electron chi connectivity index (χ4n) is 3.51. The van der Waals surface area contributed by atoms with Crippen LogP contribution in [0.25, 0.3) is 16.7 Å². The van der Waals surface area contributed by atoms with E-state index in [0.29, 0.717) is 11.5 Å². The molecule has 0 aliphatic heterocycles. The fourth-order valence-corrected chi connectivity index (χ4v) is 3.51. The lowest BCUT2D eigenvalue weighted by Gasteiger charge is -2.14. The average molecular weight is 455 g/mol. The van der Waals surface area contributed by atoms with E-state index < -0.39 is 17.6 Å². The predicted octanol–water partition coefficient (Wildman–Crippen LogP) is 4.25. The highest BCUT2D eigenvalue weighted by Gasteiger charge is 2.33. The molecule has 0 radical (unpaired) electrons. The van der Waals surface area contributed by atoms with E-state index in [2.05, 4.69) is 15.4 Å². The number of nitrogens with zero attached hydrogens (tertiary/aromatic N) is 4. The first kappa shape index (κ1) is 22.3. The summed E-state index contributed by atoms with van der Waals surface area (Å²) < 4.78 is 42.3. The van der Waals surface area contributed by atoms with E-state index in [1.54, 1.807) is 11.6 Å². The minimum absolute atomic E-state index is 0.0384. The normalized spacial score (nSPS) is 11.7. The number of hydrogen-bond acceptors (Lipinski definition) is 4. The summed E-state index contributed by atoms with van der Waals surface area (Å²) in [5.41, 5.74) is 0.589.